The van der Waals surface area contributed by atoms with Gasteiger partial charge in [0.1, 0.15) is 18.2 Å². The predicted octanol–water partition coefficient (Wildman–Crippen LogP) is 2.48. The molecule has 7 heteroatoms. The van der Waals surface area contributed by atoms with Gasteiger partial charge in [0.2, 0.25) is 0 Å². The maximum Gasteiger partial charge on any atom is 0.329 e. The second-order valence-corrected chi connectivity index (χ2v) is 4.83. The first kappa shape index (κ1) is 17.9. The molecule has 0 aliphatic rings. The summed E-state index contributed by atoms with van der Waals surface area (Å²) >= 11 is 0. The van der Waals surface area contributed by atoms with Crippen molar-refractivity contribution in [3.8, 4) is 5.75 Å². The Balaban J connectivity index is 1.88. The monoisotopic (exact) mass is 341 g/mol. The Bertz CT molecular complexity index is 788. The molecule has 128 valence electrons. The van der Waals surface area contributed by atoms with Gasteiger partial charge in [0, 0.05) is 5.69 Å². The minimum Gasteiger partial charge on any atom is -0.490 e. The predicted molar refractivity (Wildman–Crippen MR) is 92.9 cm³/mol. The van der Waals surface area contributed by atoms with E-state index in [-0.39, 0.29) is 0 Å². The maximum atomic E-state index is 12.8. The van der Waals surface area contributed by atoms with Gasteiger partial charge in [-0.25, -0.2) is 9.82 Å². The van der Waals surface area contributed by atoms with Crippen LogP contribution in [0.2, 0.25) is 0 Å². The van der Waals surface area contributed by atoms with Crippen LogP contribution in [0.4, 0.5) is 10.1 Å². The van der Waals surface area contributed by atoms with Crippen molar-refractivity contribution < 1.29 is 18.7 Å². The number of amides is 2. The third-order valence-corrected chi connectivity index (χ3v) is 2.91. The average molecular weight is 341 g/mol. The molecule has 0 saturated heterocycles. The lowest BCUT2D eigenvalue weighted by atomic mass is 10.2. The van der Waals surface area contributed by atoms with E-state index in [4.69, 9.17) is 4.74 Å². The highest BCUT2D eigenvalue weighted by molar-refractivity contribution is 6.39. The number of nitrogens with zero attached hydrogens (tertiary/aromatic N) is 1. The summed E-state index contributed by atoms with van der Waals surface area (Å²) in [4.78, 5) is 23.4. The van der Waals surface area contributed by atoms with Crippen molar-refractivity contribution in [1.82, 2.24) is 5.43 Å². The van der Waals surface area contributed by atoms with Crippen molar-refractivity contribution in [1.29, 1.82) is 0 Å². The van der Waals surface area contributed by atoms with E-state index in [9.17, 15) is 14.0 Å². The lowest BCUT2D eigenvalue weighted by Gasteiger charge is -2.04. The van der Waals surface area contributed by atoms with Crippen LogP contribution in [0.5, 0.6) is 5.75 Å². The Morgan fingerprint density at radius 1 is 1.16 bits per heavy atom. The zero-order valence-corrected chi connectivity index (χ0v) is 13.2. The third kappa shape index (κ3) is 5.91. The van der Waals surface area contributed by atoms with Gasteiger partial charge in [-0.2, -0.15) is 5.10 Å². The van der Waals surface area contributed by atoms with Gasteiger partial charge in [0.15, 0.2) is 0 Å². The number of anilines is 1. The van der Waals surface area contributed by atoms with E-state index >= 15 is 0 Å². The number of halogens is 1. The second kappa shape index (κ2) is 8.97. The quantitative estimate of drug-likeness (QED) is 0.367. The fourth-order valence-corrected chi connectivity index (χ4v) is 1.78. The smallest absolute Gasteiger partial charge is 0.329 e. The van der Waals surface area contributed by atoms with Gasteiger partial charge >= 0.3 is 11.8 Å². The van der Waals surface area contributed by atoms with Gasteiger partial charge in [0.25, 0.3) is 0 Å². The molecule has 0 radical (unpaired) electrons. The minimum atomic E-state index is -0.945. The Morgan fingerprint density at radius 3 is 2.64 bits per heavy atom. The van der Waals surface area contributed by atoms with Crippen molar-refractivity contribution in [2.45, 2.75) is 0 Å². The highest BCUT2D eigenvalue weighted by Crippen LogP contribution is 2.12. The van der Waals surface area contributed by atoms with Crippen LogP contribution in [0.15, 0.2) is 66.3 Å². The molecule has 0 aromatic heterocycles. The summed E-state index contributed by atoms with van der Waals surface area (Å²) in [6.07, 6.45) is 3.00. The number of hydrogen-bond acceptors (Lipinski definition) is 4. The average Bonchev–Trinajstić information content (AvgIpc) is 2.62. The first-order valence-corrected chi connectivity index (χ1v) is 7.32. The molecule has 25 heavy (non-hydrogen) atoms. The van der Waals surface area contributed by atoms with Gasteiger partial charge in [-0.15, -0.1) is 0 Å². The van der Waals surface area contributed by atoms with E-state index in [1.165, 1.54) is 30.5 Å². The molecule has 0 unspecified atom stereocenters. The molecule has 0 saturated carbocycles. The van der Waals surface area contributed by atoms with Crippen LogP contribution in [0.3, 0.4) is 0 Å². The van der Waals surface area contributed by atoms with Crippen LogP contribution in [0.25, 0.3) is 0 Å². The molecular formula is C18H16FN3O3. The number of ether oxygens (including phenoxy) is 1. The number of hydrogen-bond donors (Lipinski definition) is 2. The maximum absolute atomic E-state index is 12.8. The summed E-state index contributed by atoms with van der Waals surface area (Å²) in [5.41, 5.74) is 3.10. The van der Waals surface area contributed by atoms with Crippen molar-refractivity contribution in [3.63, 3.8) is 0 Å². The molecule has 0 bridgehead atoms. The summed E-state index contributed by atoms with van der Waals surface area (Å²) in [6, 6.07) is 12.1. The molecule has 0 aliphatic carbocycles. The molecule has 6 nitrogen and oxygen atoms in total. The lowest BCUT2D eigenvalue weighted by molar-refractivity contribution is -0.136. The molecule has 2 rings (SSSR count). The van der Waals surface area contributed by atoms with Crippen LogP contribution in [0, 0.1) is 5.82 Å². The largest absolute Gasteiger partial charge is 0.490 e. The first-order valence-electron chi connectivity index (χ1n) is 7.32. The fraction of sp³-hybridized carbons (Fsp3) is 0.0556. The zero-order valence-electron chi connectivity index (χ0n) is 13.2. The van der Waals surface area contributed by atoms with Gasteiger partial charge in [-0.3, -0.25) is 9.59 Å². The van der Waals surface area contributed by atoms with Gasteiger partial charge in [0.05, 0.1) is 6.21 Å². The molecule has 0 aliphatic heterocycles. The second-order valence-electron chi connectivity index (χ2n) is 4.83. The Hall–Kier alpha value is -3.48. The summed E-state index contributed by atoms with van der Waals surface area (Å²) in [7, 11) is 0. The number of carbonyl (C=O) groups excluding carboxylic acids is 2. The van der Waals surface area contributed by atoms with Crippen LogP contribution < -0.4 is 15.5 Å². The van der Waals surface area contributed by atoms with Crippen molar-refractivity contribution in [2.75, 3.05) is 11.9 Å². The SMILES string of the molecule is C=CCOc1cccc(C=NNC(=O)C(=O)Nc2ccc(F)cc2)c1. The fourth-order valence-electron chi connectivity index (χ4n) is 1.78. The van der Waals surface area contributed by atoms with E-state index in [1.54, 1.807) is 30.3 Å². The number of carbonyl (C=O) groups is 2. The highest BCUT2D eigenvalue weighted by Gasteiger charge is 2.12. The number of hydrazone groups is 1. The summed E-state index contributed by atoms with van der Waals surface area (Å²) < 4.78 is 18.2. The minimum absolute atomic E-state index is 0.303. The molecule has 2 N–H and O–H groups in total. The molecule has 0 atom stereocenters. The van der Waals surface area contributed by atoms with Crippen molar-refractivity contribution in [3.05, 3.63) is 72.6 Å². The lowest BCUT2D eigenvalue weighted by Crippen LogP contribution is -2.32. The topological polar surface area (TPSA) is 79.8 Å². The number of rotatable bonds is 6. The van der Waals surface area contributed by atoms with Crippen molar-refractivity contribution in [2.24, 2.45) is 5.10 Å². The summed E-state index contributed by atoms with van der Waals surface area (Å²) in [5, 5.41) is 6.05. The third-order valence-electron chi connectivity index (χ3n) is 2.91. The number of benzene rings is 2. The molecular weight excluding hydrogens is 325 g/mol. The summed E-state index contributed by atoms with van der Waals surface area (Å²) in [5.74, 6) is -1.66. The van der Waals surface area contributed by atoms with E-state index in [0.717, 1.165) is 0 Å². The van der Waals surface area contributed by atoms with Crippen molar-refractivity contribution >= 4 is 23.7 Å². The standard InChI is InChI=1S/C18H16FN3O3/c1-2-10-25-16-5-3-4-13(11-16)12-20-22-18(24)17(23)21-15-8-6-14(19)7-9-15/h2-9,11-12H,1,10H2,(H,21,23)(H,22,24). The highest BCUT2D eigenvalue weighted by atomic mass is 19.1. The Kier molecular flexibility index (Phi) is 6.41. The first-order chi connectivity index (χ1) is 12.1. The van der Waals surface area contributed by atoms with E-state index in [0.29, 0.717) is 23.6 Å². The van der Waals surface area contributed by atoms with Crippen LogP contribution in [0.1, 0.15) is 5.56 Å². The molecule has 0 fully saturated rings. The van der Waals surface area contributed by atoms with Crippen LogP contribution >= 0.6 is 0 Å². The summed E-state index contributed by atoms with van der Waals surface area (Å²) in [6.45, 7) is 3.94. The Morgan fingerprint density at radius 2 is 1.92 bits per heavy atom. The molecule has 0 heterocycles. The van der Waals surface area contributed by atoms with E-state index in [2.05, 4.69) is 22.4 Å². The van der Waals surface area contributed by atoms with Gasteiger partial charge in [-0.1, -0.05) is 24.8 Å². The molecule has 0 spiro atoms. The van der Waals surface area contributed by atoms with E-state index in [1.807, 2.05) is 0 Å². The Labute approximate surface area is 144 Å². The van der Waals surface area contributed by atoms with Crippen LogP contribution in [-0.4, -0.2) is 24.6 Å². The molecule has 2 aromatic rings. The molecule has 2 amide bonds. The normalized spacial score (nSPS) is 10.3. The van der Waals surface area contributed by atoms with Gasteiger partial charge < -0.3 is 10.1 Å². The molecule has 2 aromatic carbocycles. The number of nitrogens with one attached hydrogen (secondary N) is 2. The zero-order chi connectivity index (χ0) is 18.1. The van der Waals surface area contributed by atoms with E-state index < -0.39 is 17.6 Å². The van der Waals surface area contributed by atoms with Crippen LogP contribution in [-0.2, 0) is 9.59 Å². The van der Waals surface area contributed by atoms with Gasteiger partial charge in [-0.05, 0) is 42.0 Å².